The van der Waals surface area contributed by atoms with Crippen LogP contribution in [-0.4, -0.2) is 71.7 Å². The number of carboxylic acid groups (broad SMARTS) is 1. The van der Waals surface area contributed by atoms with Gasteiger partial charge in [-0.15, -0.1) is 0 Å². The van der Waals surface area contributed by atoms with E-state index in [-0.39, 0.29) is 12.3 Å². The zero-order valence-corrected chi connectivity index (χ0v) is 16.4. The molecule has 0 aliphatic rings. The predicted octanol–water partition coefficient (Wildman–Crippen LogP) is -2.35. The van der Waals surface area contributed by atoms with Gasteiger partial charge in [-0.25, -0.2) is 4.79 Å². The first-order valence-electron chi connectivity index (χ1n) is 9.34. The summed E-state index contributed by atoms with van der Waals surface area (Å²) in [4.78, 5) is 47.4. The average molecular weight is 403 g/mol. The summed E-state index contributed by atoms with van der Waals surface area (Å²) in [5, 5.41) is 25.3. The van der Waals surface area contributed by atoms with Crippen LogP contribution < -0.4 is 27.4 Å². The van der Waals surface area contributed by atoms with Crippen LogP contribution in [0.4, 0.5) is 0 Å². The van der Waals surface area contributed by atoms with E-state index in [1.54, 1.807) is 13.8 Å². The van der Waals surface area contributed by atoms with Crippen molar-refractivity contribution in [1.82, 2.24) is 16.0 Å². The Morgan fingerprint density at radius 3 is 2.21 bits per heavy atom. The van der Waals surface area contributed by atoms with Crippen molar-refractivity contribution < 1.29 is 29.4 Å². The van der Waals surface area contributed by atoms with Crippen molar-refractivity contribution in [3.8, 4) is 0 Å². The minimum absolute atomic E-state index is 0.277. The Bertz CT molecular complexity index is 530. The van der Waals surface area contributed by atoms with Crippen molar-refractivity contribution in [2.24, 2.45) is 17.4 Å². The van der Waals surface area contributed by atoms with Crippen LogP contribution in [0, 0.1) is 5.92 Å². The summed E-state index contributed by atoms with van der Waals surface area (Å²) >= 11 is 0. The van der Waals surface area contributed by atoms with Gasteiger partial charge >= 0.3 is 5.97 Å². The number of carbonyl (C=O) groups is 4. The number of unbranched alkanes of at least 4 members (excludes halogenated alkanes) is 1. The van der Waals surface area contributed by atoms with Crippen LogP contribution in [0.15, 0.2) is 0 Å². The fourth-order valence-electron chi connectivity index (χ4n) is 2.32. The summed E-state index contributed by atoms with van der Waals surface area (Å²) in [5.41, 5.74) is 10.9. The Kier molecular flexibility index (Phi) is 12.7. The molecule has 0 aromatic heterocycles. The van der Waals surface area contributed by atoms with E-state index in [9.17, 15) is 24.3 Å². The molecule has 0 saturated heterocycles. The first-order valence-corrected chi connectivity index (χ1v) is 9.34. The number of aliphatic carboxylic acids is 1. The van der Waals surface area contributed by atoms with E-state index >= 15 is 0 Å². The molecule has 28 heavy (non-hydrogen) atoms. The molecule has 162 valence electrons. The third-order valence-corrected chi connectivity index (χ3v) is 4.33. The summed E-state index contributed by atoms with van der Waals surface area (Å²) in [6.45, 7) is 2.92. The number of nitrogens with one attached hydrogen (secondary N) is 3. The van der Waals surface area contributed by atoms with E-state index in [0.717, 1.165) is 0 Å². The smallest absolute Gasteiger partial charge is 0.326 e. The summed E-state index contributed by atoms with van der Waals surface area (Å²) in [5.74, 6) is -3.39. The van der Waals surface area contributed by atoms with Crippen LogP contribution in [0.3, 0.4) is 0 Å². The van der Waals surface area contributed by atoms with Gasteiger partial charge in [-0.3, -0.25) is 14.4 Å². The molecule has 0 aliphatic carbocycles. The van der Waals surface area contributed by atoms with Gasteiger partial charge in [-0.2, -0.15) is 0 Å². The lowest BCUT2D eigenvalue weighted by atomic mass is 9.99. The van der Waals surface area contributed by atoms with E-state index in [1.165, 1.54) is 0 Å². The minimum Gasteiger partial charge on any atom is -0.480 e. The third kappa shape index (κ3) is 9.62. The first kappa shape index (κ1) is 25.8. The highest BCUT2D eigenvalue weighted by Gasteiger charge is 2.27. The molecule has 0 aromatic rings. The largest absolute Gasteiger partial charge is 0.480 e. The van der Waals surface area contributed by atoms with Crippen LogP contribution in [0.2, 0.25) is 0 Å². The molecule has 0 bridgehead atoms. The molecule has 0 aromatic carbocycles. The van der Waals surface area contributed by atoms with Crippen LogP contribution in [0.1, 0.15) is 39.5 Å². The SMILES string of the molecule is CCC(C)C(NC(=O)CNC(=O)C(CCCCN)NC(=O)C(N)CO)C(=O)O. The summed E-state index contributed by atoms with van der Waals surface area (Å²) in [6, 6.07) is -3.17. The van der Waals surface area contributed by atoms with Gasteiger partial charge in [0.15, 0.2) is 0 Å². The Morgan fingerprint density at radius 2 is 1.71 bits per heavy atom. The molecule has 4 unspecified atom stereocenters. The molecule has 0 heterocycles. The second kappa shape index (κ2) is 13.9. The van der Waals surface area contributed by atoms with E-state index in [1.807, 2.05) is 0 Å². The van der Waals surface area contributed by atoms with E-state index < -0.39 is 55.0 Å². The standard InChI is InChI=1S/C17H33N5O6/c1-3-10(2)14(17(27)28)22-13(24)8-20-16(26)12(6-4-5-7-18)21-15(25)11(19)9-23/h10-12,14,23H,3-9,18-19H2,1-2H3,(H,20,26)(H,21,25)(H,22,24)(H,27,28). The van der Waals surface area contributed by atoms with E-state index in [2.05, 4.69) is 16.0 Å². The zero-order valence-electron chi connectivity index (χ0n) is 16.4. The molecule has 11 heteroatoms. The Labute approximate surface area is 164 Å². The van der Waals surface area contributed by atoms with Crippen molar-refractivity contribution in [1.29, 1.82) is 0 Å². The Balaban J connectivity index is 4.79. The number of hydrogen-bond donors (Lipinski definition) is 7. The van der Waals surface area contributed by atoms with Crippen molar-refractivity contribution in [2.75, 3.05) is 19.7 Å². The van der Waals surface area contributed by atoms with Crippen LogP contribution in [0.5, 0.6) is 0 Å². The van der Waals surface area contributed by atoms with E-state index in [0.29, 0.717) is 25.8 Å². The van der Waals surface area contributed by atoms with Crippen molar-refractivity contribution in [3.05, 3.63) is 0 Å². The number of nitrogens with two attached hydrogens (primary N) is 2. The lowest BCUT2D eigenvalue weighted by Crippen LogP contribution is -2.54. The molecule has 11 nitrogen and oxygen atoms in total. The quantitative estimate of drug-likeness (QED) is 0.156. The second-order valence-electron chi connectivity index (χ2n) is 6.62. The summed E-state index contributed by atoms with van der Waals surface area (Å²) in [6.07, 6.45) is 2.04. The fourth-order valence-corrected chi connectivity index (χ4v) is 2.32. The van der Waals surface area contributed by atoms with Gasteiger partial charge in [-0.1, -0.05) is 20.3 Å². The number of aliphatic hydroxyl groups excluding tert-OH is 1. The average Bonchev–Trinajstić information content (AvgIpc) is 2.67. The summed E-state index contributed by atoms with van der Waals surface area (Å²) < 4.78 is 0. The molecule has 3 amide bonds. The van der Waals surface area contributed by atoms with Gasteiger partial charge in [-0.05, 0) is 31.7 Å². The minimum atomic E-state index is -1.17. The van der Waals surface area contributed by atoms with Gasteiger partial charge in [0.05, 0.1) is 13.2 Å². The summed E-state index contributed by atoms with van der Waals surface area (Å²) in [7, 11) is 0. The highest BCUT2D eigenvalue weighted by molar-refractivity contribution is 5.92. The maximum Gasteiger partial charge on any atom is 0.326 e. The van der Waals surface area contributed by atoms with Crippen LogP contribution in [0.25, 0.3) is 0 Å². The van der Waals surface area contributed by atoms with Crippen LogP contribution >= 0.6 is 0 Å². The Hall–Kier alpha value is -2.24. The van der Waals surface area contributed by atoms with Gasteiger partial charge < -0.3 is 37.6 Å². The number of carboxylic acids is 1. The first-order chi connectivity index (χ1) is 13.2. The van der Waals surface area contributed by atoms with E-state index in [4.69, 9.17) is 16.6 Å². The highest BCUT2D eigenvalue weighted by atomic mass is 16.4. The second-order valence-corrected chi connectivity index (χ2v) is 6.62. The zero-order chi connectivity index (χ0) is 21.7. The molecule has 0 spiro atoms. The number of aliphatic hydroxyl groups is 1. The van der Waals surface area contributed by atoms with Gasteiger partial charge in [0, 0.05) is 0 Å². The molecular weight excluding hydrogens is 370 g/mol. The fraction of sp³-hybridized carbons (Fsp3) is 0.765. The van der Waals surface area contributed by atoms with Crippen molar-refractivity contribution >= 4 is 23.7 Å². The maximum absolute atomic E-state index is 12.3. The molecule has 0 aliphatic heterocycles. The normalized spacial score (nSPS) is 15.0. The lowest BCUT2D eigenvalue weighted by Gasteiger charge is -2.22. The van der Waals surface area contributed by atoms with Gasteiger partial charge in [0.2, 0.25) is 17.7 Å². The van der Waals surface area contributed by atoms with Crippen molar-refractivity contribution in [2.45, 2.75) is 57.7 Å². The van der Waals surface area contributed by atoms with Gasteiger partial charge in [0.25, 0.3) is 0 Å². The third-order valence-electron chi connectivity index (χ3n) is 4.33. The number of carbonyl (C=O) groups excluding carboxylic acids is 3. The molecule has 0 radical (unpaired) electrons. The molecule has 0 rings (SSSR count). The molecule has 9 N–H and O–H groups in total. The van der Waals surface area contributed by atoms with Gasteiger partial charge in [0.1, 0.15) is 18.1 Å². The molecule has 4 atom stereocenters. The molecular formula is C17H33N5O6. The van der Waals surface area contributed by atoms with Crippen molar-refractivity contribution in [3.63, 3.8) is 0 Å². The maximum atomic E-state index is 12.3. The number of hydrogen-bond acceptors (Lipinski definition) is 7. The molecule has 0 fully saturated rings. The number of rotatable bonds is 14. The lowest BCUT2D eigenvalue weighted by molar-refractivity contribution is -0.143. The monoisotopic (exact) mass is 403 g/mol. The van der Waals surface area contributed by atoms with Crippen LogP contribution in [-0.2, 0) is 19.2 Å². The predicted molar refractivity (Wildman–Crippen MR) is 102 cm³/mol. The highest BCUT2D eigenvalue weighted by Crippen LogP contribution is 2.07. The number of amides is 3. The topological polar surface area (TPSA) is 197 Å². The molecule has 0 saturated carbocycles. The Morgan fingerprint density at radius 1 is 1.07 bits per heavy atom.